The van der Waals surface area contributed by atoms with E-state index in [1.54, 1.807) is 22.9 Å². The summed E-state index contributed by atoms with van der Waals surface area (Å²) in [6.07, 6.45) is 6.97. The molecule has 0 spiro atoms. The van der Waals surface area contributed by atoms with Gasteiger partial charge in [-0.3, -0.25) is 0 Å². The fourth-order valence-corrected chi connectivity index (χ4v) is 3.12. The van der Waals surface area contributed by atoms with Crippen molar-refractivity contribution in [3.63, 3.8) is 0 Å². The van der Waals surface area contributed by atoms with Crippen molar-refractivity contribution in [2.45, 2.75) is 20.4 Å². The zero-order valence-electron chi connectivity index (χ0n) is 16.2. The summed E-state index contributed by atoms with van der Waals surface area (Å²) in [7, 11) is 0. The molecule has 0 saturated carbocycles. The van der Waals surface area contributed by atoms with Crippen LogP contribution in [0.5, 0.6) is 0 Å². The Kier molecular flexibility index (Phi) is 5.16. The number of benzene rings is 2. The number of carbonyl (C=O) groups is 1. The second-order valence-electron chi connectivity index (χ2n) is 6.92. The Morgan fingerprint density at radius 2 is 1.83 bits per heavy atom. The smallest absolute Gasteiger partial charge is 0.363 e. The van der Waals surface area contributed by atoms with Crippen LogP contribution in [0.2, 0.25) is 0 Å². The zero-order chi connectivity index (χ0) is 20.2. The number of aromatic nitrogens is 3. The molecule has 0 amide bonds. The normalized spacial score (nSPS) is 15.2. The second-order valence-corrected chi connectivity index (χ2v) is 6.92. The average Bonchev–Trinajstić information content (AvgIpc) is 3.29. The first-order chi connectivity index (χ1) is 14.1. The number of nitrogens with zero attached hydrogens (tertiary/aromatic N) is 4. The molecule has 0 atom stereocenters. The lowest BCUT2D eigenvalue weighted by atomic mass is 10.1. The van der Waals surface area contributed by atoms with E-state index in [1.165, 1.54) is 0 Å². The molecule has 29 heavy (non-hydrogen) atoms. The van der Waals surface area contributed by atoms with Gasteiger partial charge in [-0.1, -0.05) is 58.8 Å². The Morgan fingerprint density at radius 3 is 2.59 bits per heavy atom. The summed E-state index contributed by atoms with van der Waals surface area (Å²) in [6, 6.07) is 16.0. The topological polar surface area (TPSA) is 69.4 Å². The van der Waals surface area contributed by atoms with Gasteiger partial charge in [0.05, 0.1) is 12.7 Å². The number of cyclic esters (lactones) is 1. The quantitative estimate of drug-likeness (QED) is 0.495. The van der Waals surface area contributed by atoms with Crippen molar-refractivity contribution < 1.29 is 9.53 Å². The third-order valence-electron chi connectivity index (χ3n) is 4.35. The zero-order valence-corrected chi connectivity index (χ0v) is 16.2. The van der Waals surface area contributed by atoms with Crippen molar-refractivity contribution in [2.75, 3.05) is 0 Å². The average molecular weight is 384 g/mol. The van der Waals surface area contributed by atoms with Gasteiger partial charge < -0.3 is 4.74 Å². The summed E-state index contributed by atoms with van der Waals surface area (Å²) in [5, 5.41) is 8.24. The molecule has 1 aromatic heterocycles. The van der Waals surface area contributed by atoms with Gasteiger partial charge in [-0.05, 0) is 43.7 Å². The maximum atomic E-state index is 12.1. The Hall–Kier alpha value is -3.80. The van der Waals surface area contributed by atoms with Crippen LogP contribution >= 0.6 is 0 Å². The number of rotatable bonds is 5. The maximum Gasteiger partial charge on any atom is 0.363 e. The molecule has 144 valence electrons. The van der Waals surface area contributed by atoms with Crippen molar-refractivity contribution in [1.82, 2.24) is 15.0 Å². The van der Waals surface area contributed by atoms with E-state index in [4.69, 9.17) is 4.74 Å². The maximum absolute atomic E-state index is 12.1. The second kappa shape index (κ2) is 8.06. The third-order valence-corrected chi connectivity index (χ3v) is 4.35. The number of esters is 1. The van der Waals surface area contributed by atoms with Gasteiger partial charge in [-0.15, -0.1) is 5.10 Å². The van der Waals surface area contributed by atoms with Crippen LogP contribution in [-0.2, 0) is 16.1 Å². The SMILES string of the molecule is Cc1cc(C)cc(C2=N/C(=C/C=C/c3cn(Cc4ccccc4)nn3)C(=O)O2)c1. The number of carbonyl (C=O) groups excluding carboxylic acids is 1. The van der Waals surface area contributed by atoms with Gasteiger partial charge in [-0.2, -0.15) is 0 Å². The molecule has 0 N–H and O–H groups in total. The van der Waals surface area contributed by atoms with Crippen molar-refractivity contribution >= 4 is 17.9 Å². The van der Waals surface area contributed by atoms with Crippen LogP contribution in [0.1, 0.15) is 27.9 Å². The Bertz CT molecular complexity index is 1120. The van der Waals surface area contributed by atoms with Gasteiger partial charge in [0.25, 0.3) is 0 Å². The first kappa shape index (κ1) is 18.6. The molecular weight excluding hydrogens is 364 g/mol. The number of aliphatic imine (C=N–C) groups is 1. The molecular formula is C23H20N4O2. The predicted octanol–water partition coefficient (Wildman–Crippen LogP) is 3.84. The summed E-state index contributed by atoms with van der Waals surface area (Å²) in [4.78, 5) is 16.4. The van der Waals surface area contributed by atoms with Crippen LogP contribution in [0.25, 0.3) is 6.08 Å². The first-order valence-corrected chi connectivity index (χ1v) is 9.29. The van der Waals surface area contributed by atoms with Crippen molar-refractivity contribution in [2.24, 2.45) is 4.99 Å². The molecule has 0 saturated heterocycles. The fourth-order valence-electron chi connectivity index (χ4n) is 3.12. The van der Waals surface area contributed by atoms with E-state index in [1.807, 2.05) is 62.5 Å². The Balaban J connectivity index is 1.46. The molecule has 0 unspecified atom stereocenters. The van der Waals surface area contributed by atoms with Crippen molar-refractivity contribution in [1.29, 1.82) is 0 Å². The predicted molar refractivity (Wildman–Crippen MR) is 111 cm³/mol. The van der Waals surface area contributed by atoms with Gasteiger partial charge in [0, 0.05) is 5.56 Å². The summed E-state index contributed by atoms with van der Waals surface area (Å²) < 4.78 is 7.09. The van der Waals surface area contributed by atoms with E-state index < -0.39 is 5.97 Å². The molecule has 1 aliphatic rings. The summed E-state index contributed by atoms with van der Waals surface area (Å²) in [5.41, 5.74) is 5.09. The van der Waals surface area contributed by atoms with Crippen LogP contribution in [0.4, 0.5) is 0 Å². The van der Waals surface area contributed by atoms with Crippen molar-refractivity contribution in [3.05, 3.63) is 101 Å². The van der Waals surface area contributed by atoms with Crippen LogP contribution < -0.4 is 0 Å². The van der Waals surface area contributed by atoms with Crippen LogP contribution in [-0.4, -0.2) is 26.9 Å². The number of aryl methyl sites for hydroxylation is 2. The Labute approximate surface area is 168 Å². The van der Waals surface area contributed by atoms with Crippen molar-refractivity contribution in [3.8, 4) is 0 Å². The van der Waals surface area contributed by atoms with E-state index in [2.05, 4.69) is 21.4 Å². The van der Waals surface area contributed by atoms with E-state index in [0.717, 1.165) is 22.3 Å². The summed E-state index contributed by atoms with van der Waals surface area (Å²) in [5.74, 6) is -0.133. The summed E-state index contributed by atoms with van der Waals surface area (Å²) >= 11 is 0. The number of hydrogen-bond donors (Lipinski definition) is 0. The molecule has 4 rings (SSSR count). The highest BCUT2D eigenvalue weighted by Gasteiger charge is 2.23. The van der Waals surface area contributed by atoms with E-state index in [0.29, 0.717) is 18.1 Å². The highest BCUT2D eigenvalue weighted by Crippen LogP contribution is 2.18. The summed E-state index contributed by atoms with van der Waals surface area (Å²) in [6.45, 7) is 4.65. The van der Waals surface area contributed by atoms with Gasteiger partial charge in [-0.25, -0.2) is 14.5 Å². The van der Waals surface area contributed by atoms with Crippen LogP contribution in [0.3, 0.4) is 0 Å². The lowest BCUT2D eigenvalue weighted by Gasteiger charge is -2.03. The molecule has 0 fully saturated rings. The number of hydrogen-bond acceptors (Lipinski definition) is 5. The number of ether oxygens (including phenoxy) is 1. The molecule has 3 aromatic rings. The van der Waals surface area contributed by atoms with Crippen LogP contribution in [0, 0.1) is 13.8 Å². The van der Waals surface area contributed by atoms with Crippen LogP contribution in [0.15, 0.2) is 77.6 Å². The van der Waals surface area contributed by atoms with E-state index in [-0.39, 0.29) is 5.70 Å². The largest absolute Gasteiger partial charge is 0.402 e. The minimum Gasteiger partial charge on any atom is -0.402 e. The lowest BCUT2D eigenvalue weighted by molar-refractivity contribution is -0.130. The van der Waals surface area contributed by atoms with Gasteiger partial charge in [0.1, 0.15) is 5.69 Å². The van der Waals surface area contributed by atoms with Gasteiger partial charge in [0.15, 0.2) is 5.70 Å². The molecule has 0 aliphatic carbocycles. The molecule has 1 aliphatic heterocycles. The van der Waals surface area contributed by atoms with Gasteiger partial charge >= 0.3 is 5.97 Å². The standard InChI is InChI=1S/C23H20N4O2/c1-16-11-17(2)13-19(12-16)22-24-21(23(28)29-22)10-6-9-20-15-27(26-25-20)14-18-7-4-3-5-8-18/h3-13,15H,14H2,1-2H3/b9-6+,21-10+. The Morgan fingerprint density at radius 1 is 1.07 bits per heavy atom. The fraction of sp³-hybridized carbons (Fsp3) is 0.130. The molecule has 2 aromatic carbocycles. The third kappa shape index (κ3) is 4.55. The molecule has 0 radical (unpaired) electrons. The minimum absolute atomic E-state index is 0.257. The van der Waals surface area contributed by atoms with Gasteiger partial charge in [0.2, 0.25) is 5.90 Å². The molecule has 0 bridgehead atoms. The molecule has 6 nitrogen and oxygen atoms in total. The highest BCUT2D eigenvalue weighted by atomic mass is 16.6. The van der Waals surface area contributed by atoms with E-state index in [9.17, 15) is 4.79 Å². The van der Waals surface area contributed by atoms with E-state index >= 15 is 0 Å². The monoisotopic (exact) mass is 384 g/mol. The lowest BCUT2D eigenvalue weighted by Crippen LogP contribution is -2.05. The minimum atomic E-state index is -0.462. The molecule has 6 heteroatoms. The molecule has 2 heterocycles. The highest BCUT2D eigenvalue weighted by molar-refractivity contribution is 6.11. The number of allylic oxidation sites excluding steroid dienone is 2. The first-order valence-electron chi connectivity index (χ1n) is 9.29.